The number of rotatable bonds is 3. The highest BCUT2D eigenvalue weighted by Crippen LogP contribution is 2.32. The first-order chi connectivity index (χ1) is 10.5. The number of hydrogen-bond donors (Lipinski definition) is 4. The zero-order valence-electron chi connectivity index (χ0n) is 11.5. The highest BCUT2D eigenvalue weighted by molar-refractivity contribution is 7.71. The van der Waals surface area contributed by atoms with Gasteiger partial charge in [0.1, 0.15) is 25.4 Å². The third-order valence-corrected chi connectivity index (χ3v) is 3.84. The van der Waals surface area contributed by atoms with Crippen molar-refractivity contribution in [3.63, 3.8) is 0 Å². The van der Waals surface area contributed by atoms with Crippen molar-refractivity contribution in [2.75, 3.05) is 19.5 Å². The van der Waals surface area contributed by atoms with E-state index >= 15 is 0 Å². The Morgan fingerprint density at radius 3 is 2.77 bits per heavy atom. The molecule has 5 N–H and O–H groups in total. The molecule has 1 aliphatic rings. The van der Waals surface area contributed by atoms with Gasteiger partial charge in [0, 0.05) is 0 Å². The molecule has 1 aliphatic heterocycles. The van der Waals surface area contributed by atoms with E-state index in [1.54, 1.807) is 0 Å². The van der Waals surface area contributed by atoms with Crippen molar-refractivity contribution in [2.24, 2.45) is 0 Å². The molecule has 0 unspecified atom stereocenters. The molecule has 0 amide bonds. The summed E-state index contributed by atoms with van der Waals surface area (Å²) >= 11 is 5.08. The summed E-state index contributed by atoms with van der Waals surface area (Å²) in [6.45, 7) is -0.424. The average molecular weight is 329 g/mol. The largest absolute Gasteiger partial charge is 0.413 e. The lowest BCUT2D eigenvalue weighted by atomic mass is 10.1. The van der Waals surface area contributed by atoms with Gasteiger partial charge in [-0.3, -0.25) is 4.57 Å². The molecule has 0 bridgehead atoms. The maximum absolute atomic E-state index is 10.1. The number of nitrogens with two attached hydrogens (primary N) is 1. The van der Waals surface area contributed by atoms with E-state index in [9.17, 15) is 10.2 Å². The van der Waals surface area contributed by atoms with Crippen LogP contribution in [0.15, 0.2) is 6.33 Å². The summed E-state index contributed by atoms with van der Waals surface area (Å²) in [5.41, 5.74) is 6.52. The second kappa shape index (κ2) is 5.44. The molecule has 10 nitrogen and oxygen atoms in total. The minimum Gasteiger partial charge on any atom is -0.413 e. The second-order valence-electron chi connectivity index (χ2n) is 4.81. The van der Waals surface area contributed by atoms with Crippen LogP contribution in [-0.4, -0.2) is 66.6 Å². The Morgan fingerprint density at radius 1 is 1.45 bits per heavy atom. The van der Waals surface area contributed by atoms with Crippen LogP contribution in [0.25, 0.3) is 11.2 Å². The molecule has 0 spiro atoms. The lowest BCUT2D eigenvalue weighted by Crippen LogP contribution is -2.33. The molecule has 0 aromatic carbocycles. The fourth-order valence-corrected chi connectivity index (χ4v) is 2.71. The quantitative estimate of drug-likeness (QED) is 0.481. The minimum atomic E-state index is -1.25. The second-order valence-corrected chi connectivity index (χ2v) is 5.17. The predicted octanol–water partition coefficient (Wildman–Crippen LogP) is -1.79. The Kier molecular flexibility index (Phi) is 3.74. The van der Waals surface area contributed by atoms with Gasteiger partial charge in [0.25, 0.3) is 0 Å². The number of hydrogen-bond acceptors (Lipinski definition) is 9. The number of fused-ring (bicyclic) bond motifs is 1. The fourth-order valence-electron chi connectivity index (χ4n) is 2.45. The fraction of sp³-hybridized carbons (Fsp3) is 0.545. The van der Waals surface area contributed by atoms with E-state index < -0.39 is 31.1 Å². The number of ether oxygens (including phenoxy) is 1. The van der Waals surface area contributed by atoms with Crippen LogP contribution in [0, 0.1) is 4.77 Å². The van der Waals surface area contributed by atoms with Crippen molar-refractivity contribution < 1.29 is 24.9 Å². The van der Waals surface area contributed by atoms with Gasteiger partial charge < -0.3 is 30.6 Å². The molecular weight excluding hydrogens is 314 g/mol. The number of aliphatic hydroxyl groups is 3. The molecule has 0 saturated carbocycles. The Hall–Kier alpha value is -1.79. The molecule has 120 valence electrons. The van der Waals surface area contributed by atoms with E-state index in [1.165, 1.54) is 18.0 Å². The van der Waals surface area contributed by atoms with E-state index in [0.29, 0.717) is 5.52 Å². The van der Waals surface area contributed by atoms with Gasteiger partial charge in [-0.2, -0.15) is 4.98 Å². The molecule has 3 rings (SSSR count). The SMILES string of the molecule is COn1c(N)c2ncn([C@@H]3O[C@H](CO)[C@@H](O)[C@H]3O)c2nc1=S. The standard InChI is InChI=1S/C11H15N5O5S/c1-20-16-8(12)5-9(14-11(16)22)15(3-13-5)10-7(19)6(18)4(2-17)21-10/h3-4,6-7,10,17-19H,2,12H2,1H3/t4-,6-,7-,10-/m1/s1. The first-order valence-electron chi connectivity index (χ1n) is 6.41. The predicted molar refractivity (Wildman–Crippen MR) is 76.3 cm³/mol. The molecule has 2 aromatic rings. The van der Waals surface area contributed by atoms with Gasteiger partial charge in [-0.15, -0.1) is 4.73 Å². The van der Waals surface area contributed by atoms with Crippen LogP contribution in [0.3, 0.4) is 0 Å². The molecule has 4 atom stereocenters. The molecule has 2 aromatic heterocycles. The maximum atomic E-state index is 10.1. The van der Waals surface area contributed by atoms with Crippen LogP contribution < -0.4 is 10.6 Å². The third-order valence-electron chi connectivity index (χ3n) is 3.58. The summed E-state index contributed by atoms with van der Waals surface area (Å²) in [5, 5.41) is 29.1. The zero-order chi connectivity index (χ0) is 16.0. The first-order valence-corrected chi connectivity index (χ1v) is 6.82. The number of nitrogens with zero attached hydrogens (tertiary/aromatic N) is 4. The van der Waals surface area contributed by atoms with Gasteiger partial charge in [0.05, 0.1) is 12.9 Å². The lowest BCUT2D eigenvalue weighted by Gasteiger charge is -2.17. The lowest BCUT2D eigenvalue weighted by molar-refractivity contribution is -0.0511. The van der Waals surface area contributed by atoms with Crippen LogP contribution in [0.1, 0.15) is 6.23 Å². The van der Waals surface area contributed by atoms with Crippen LogP contribution in [-0.2, 0) is 4.74 Å². The van der Waals surface area contributed by atoms with Gasteiger partial charge in [0.2, 0.25) is 4.77 Å². The van der Waals surface area contributed by atoms with E-state index in [0.717, 1.165) is 4.73 Å². The highest BCUT2D eigenvalue weighted by Gasteiger charge is 2.44. The first kappa shape index (κ1) is 15.1. The van der Waals surface area contributed by atoms with Crippen molar-refractivity contribution in [1.82, 2.24) is 19.3 Å². The highest BCUT2D eigenvalue weighted by atomic mass is 32.1. The van der Waals surface area contributed by atoms with Gasteiger partial charge in [-0.25, -0.2) is 4.98 Å². The molecule has 1 fully saturated rings. The number of aromatic nitrogens is 4. The summed E-state index contributed by atoms with van der Waals surface area (Å²) < 4.78 is 8.07. The number of imidazole rings is 1. The average Bonchev–Trinajstić information content (AvgIpc) is 3.02. The monoisotopic (exact) mass is 329 g/mol. The third kappa shape index (κ3) is 2.06. The van der Waals surface area contributed by atoms with Crippen molar-refractivity contribution in [1.29, 1.82) is 0 Å². The topological polar surface area (TPSA) is 141 Å². The van der Waals surface area contributed by atoms with Crippen LogP contribution >= 0.6 is 12.2 Å². The van der Waals surface area contributed by atoms with Crippen molar-refractivity contribution in [2.45, 2.75) is 24.5 Å². The molecule has 3 heterocycles. The van der Waals surface area contributed by atoms with Gasteiger partial charge >= 0.3 is 0 Å². The molecule has 22 heavy (non-hydrogen) atoms. The summed E-state index contributed by atoms with van der Waals surface area (Å²) in [5.74, 6) is 0.156. The Morgan fingerprint density at radius 2 is 2.18 bits per heavy atom. The van der Waals surface area contributed by atoms with Gasteiger partial charge in [-0.05, 0) is 12.2 Å². The normalized spacial score (nSPS) is 28.4. The van der Waals surface area contributed by atoms with Gasteiger partial charge in [0.15, 0.2) is 23.2 Å². The van der Waals surface area contributed by atoms with Gasteiger partial charge in [-0.1, -0.05) is 0 Å². The maximum Gasteiger partial charge on any atom is 0.238 e. The zero-order valence-corrected chi connectivity index (χ0v) is 12.3. The molecule has 0 aliphatic carbocycles. The van der Waals surface area contributed by atoms with E-state index in [4.69, 9.17) is 32.6 Å². The Labute approximate surface area is 129 Å². The number of nitrogen functional groups attached to an aromatic ring is 1. The summed E-state index contributed by atoms with van der Waals surface area (Å²) in [4.78, 5) is 13.3. The number of anilines is 1. The molecular formula is C11H15N5O5S. The van der Waals surface area contributed by atoms with Crippen molar-refractivity contribution in [3.8, 4) is 0 Å². The van der Waals surface area contributed by atoms with Crippen LogP contribution in [0.2, 0.25) is 0 Å². The van der Waals surface area contributed by atoms with E-state index in [-0.39, 0.29) is 16.2 Å². The van der Waals surface area contributed by atoms with Crippen molar-refractivity contribution in [3.05, 3.63) is 11.1 Å². The van der Waals surface area contributed by atoms with E-state index in [1.807, 2.05) is 0 Å². The smallest absolute Gasteiger partial charge is 0.238 e. The molecule has 1 saturated heterocycles. The Bertz CT molecular complexity index is 761. The van der Waals surface area contributed by atoms with Crippen LogP contribution in [0.5, 0.6) is 0 Å². The molecule has 0 radical (unpaired) electrons. The summed E-state index contributed by atoms with van der Waals surface area (Å²) in [6.07, 6.45) is -2.97. The molecule has 11 heteroatoms. The van der Waals surface area contributed by atoms with E-state index in [2.05, 4.69) is 9.97 Å². The summed E-state index contributed by atoms with van der Waals surface area (Å²) in [6, 6.07) is 0. The minimum absolute atomic E-state index is 0.0704. The summed E-state index contributed by atoms with van der Waals surface area (Å²) in [7, 11) is 1.39. The number of aliphatic hydroxyl groups excluding tert-OH is 3. The van der Waals surface area contributed by atoms with Crippen molar-refractivity contribution >= 4 is 29.2 Å². The Balaban J connectivity index is 2.12. The van der Waals surface area contributed by atoms with Crippen LogP contribution in [0.4, 0.5) is 5.82 Å².